The van der Waals surface area contributed by atoms with Gasteiger partial charge in [0.1, 0.15) is 10.6 Å². The number of anilines is 1. The third kappa shape index (κ3) is 3.68. The van der Waals surface area contributed by atoms with Gasteiger partial charge in [0.2, 0.25) is 9.84 Å². The van der Waals surface area contributed by atoms with Crippen molar-refractivity contribution in [2.75, 3.05) is 25.1 Å². The number of fused-ring (bicyclic) bond motifs is 1. The van der Waals surface area contributed by atoms with Crippen molar-refractivity contribution in [3.05, 3.63) is 54.2 Å². The third-order valence-electron chi connectivity index (χ3n) is 5.39. The number of para-hydroxylation sites is 1. The maximum atomic E-state index is 13.3. The topological polar surface area (TPSA) is 79.7 Å². The Morgan fingerprint density at radius 3 is 2.62 bits per heavy atom. The zero-order valence-corrected chi connectivity index (χ0v) is 17.3. The fraction of sp³-hybridized carbons (Fsp3) is 0.318. The second-order valence-electron chi connectivity index (χ2n) is 7.40. The van der Waals surface area contributed by atoms with Gasteiger partial charge in [-0.05, 0) is 49.6 Å². The Kier molecular flexibility index (Phi) is 5.19. The predicted octanol–water partition coefficient (Wildman–Crippen LogP) is 3.35. The summed E-state index contributed by atoms with van der Waals surface area (Å²) in [5, 5.41) is 10.5. The Bertz CT molecular complexity index is 1150. The highest BCUT2D eigenvalue weighted by Crippen LogP contribution is 2.33. The van der Waals surface area contributed by atoms with E-state index in [0.29, 0.717) is 5.75 Å². The zero-order chi connectivity index (χ0) is 20.6. The van der Waals surface area contributed by atoms with Crippen LogP contribution in [0, 0.1) is 6.92 Å². The highest BCUT2D eigenvalue weighted by molar-refractivity contribution is 7.91. The van der Waals surface area contributed by atoms with E-state index in [1.807, 2.05) is 31.2 Å². The predicted molar refractivity (Wildman–Crippen MR) is 112 cm³/mol. The lowest BCUT2D eigenvalue weighted by atomic mass is 10.1. The number of sulfone groups is 1. The summed E-state index contributed by atoms with van der Waals surface area (Å²) in [6.45, 7) is 3.35. The van der Waals surface area contributed by atoms with Gasteiger partial charge >= 0.3 is 0 Å². The summed E-state index contributed by atoms with van der Waals surface area (Å²) in [7, 11) is -2.31. The summed E-state index contributed by atoms with van der Waals surface area (Å²) < 4.78 is 31.8. The molecular formula is C22H24N2O4S. The maximum absolute atomic E-state index is 13.3. The van der Waals surface area contributed by atoms with Crippen molar-refractivity contribution in [2.45, 2.75) is 35.7 Å². The van der Waals surface area contributed by atoms with Crippen LogP contribution in [0.1, 0.15) is 18.4 Å². The molecule has 1 saturated heterocycles. The molecule has 29 heavy (non-hydrogen) atoms. The number of aliphatic hydroxyl groups excluding tert-OH is 1. The molecule has 1 aromatic heterocycles. The number of nitrogens with zero attached hydrogens (tertiary/aromatic N) is 2. The van der Waals surface area contributed by atoms with Crippen LogP contribution < -0.4 is 9.64 Å². The van der Waals surface area contributed by atoms with Crippen LogP contribution in [0.4, 0.5) is 5.69 Å². The Morgan fingerprint density at radius 2 is 1.90 bits per heavy atom. The van der Waals surface area contributed by atoms with Crippen LogP contribution >= 0.6 is 0 Å². The fourth-order valence-corrected chi connectivity index (χ4v) is 5.24. The molecule has 1 aliphatic rings. The molecule has 0 bridgehead atoms. The molecule has 3 aromatic rings. The van der Waals surface area contributed by atoms with Crippen LogP contribution in [0.25, 0.3) is 10.9 Å². The molecule has 0 radical (unpaired) electrons. The lowest BCUT2D eigenvalue weighted by Gasteiger charge is -2.31. The van der Waals surface area contributed by atoms with Crippen LogP contribution in [0.15, 0.2) is 58.5 Å². The van der Waals surface area contributed by atoms with E-state index in [9.17, 15) is 13.5 Å². The van der Waals surface area contributed by atoms with Crippen LogP contribution in [-0.2, 0) is 9.84 Å². The number of hydrogen-bond donors (Lipinski definition) is 1. The van der Waals surface area contributed by atoms with E-state index >= 15 is 0 Å². The summed E-state index contributed by atoms with van der Waals surface area (Å²) in [5.41, 5.74) is 2.57. The number of methoxy groups -OCH3 is 1. The normalized spacial score (nSPS) is 15.6. The Morgan fingerprint density at radius 1 is 1.14 bits per heavy atom. The Labute approximate surface area is 170 Å². The lowest BCUT2D eigenvalue weighted by molar-refractivity contribution is 0.145. The molecule has 1 fully saturated rings. The molecule has 1 N–H and O–H groups in total. The maximum Gasteiger partial charge on any atom is 0.211 e. The first-order valence-corrected chi connectivity index (χ1v) is 11.1. The summed E-state index contributed by atoms with van der Waals surface area (Å²) in [4.78, 5) is 7.00. The van der Waals surface area contributed by atoms with Gasteiger partial charge in [0.25, 0.3) is 0 Å². The van der Waals surface area contributed by atoms with Gasteiger partial charge in [-0.3, -0.25) is 4.98 Å². The molecule has 1 aliphatic heterocycles. The third-order valence-corrected chi connectivity index (χ3v) is 7.13. The number of hydrogen-bond acceptors (Lipinski definition) is 6. The molecule has 0 atom stereocenters. The number of aliphatic hydroxyl groups is 1. The summed E-state index contributed by atoms with van der Waals surface area (Å²) in [6.07, 6.45) is 2.60. The van der Waals surface area contributed by atoms with Crippen molar-refractivity contribution in [1.29, 1.82) is 0 Å². The van der Waals surface area contributed by atoms with Gasteiger partial charge in [0, 0.05) is 24.7 Å². The smallest absolute Gasteiger partial charge is 0.211 e. The Balaban J connectivity index is 1.78. The van der Waals surface area contributed by atoms with Gasteiger partial charge in [0.15, 0.2) is 0 Å². The fourth-order valence-electron chi connectivity index (χ4n) is 3.75. The molecule has 7 heteroatoms. The van der Waals surface area contributed by atoms with Gasteiger partial charge < -0.3 is 14.7 Å². The number of aromatic nitrogens is 1. The van der Waals surface area contributed by atoms with E-state index in [1.165, 1.54) is 13.3 Å². The number of aryl methyl sites for hydroxylation is 1. The second-order valence-corrected chi connectivity index (χ2v) is 9.31. The average Bonchev–Trinajstić information content (AvgIpc) is 2.73. The molecule has 0 amide bonds. The number of ether oxygens (including phenoxy) is 1. The molecule has 0 aliphatic carbocycles. The molecule has 6 nitrogen and oxygen atoms in total. The minimum Gasteiger partial charge on any atom is -0.495 e. The lowest BCUT2D eigenvalue weighted by Crippen LogP contribution is -2.35. The standard InChI is InChI=1S/C22H24N2O4S/c1-15-6-7-20(28-2)21(12-15)29(26,27)18-13-16-4-3-5-19(22(16)23-14-18)24-10-8-17(25)9-11-24/h3-7,12-14,17,25H,8-11H2,1-2H3. The summed E-state index contributed by atoms with van der Waals surface area (Å²) in [6, 6.07) is 12.5. The Hall–Kier alpha value is -2.64. The molecule has 2 aromatic carbocycles. The SMILES string of the molecule is COc1ccc(C)cc1S(=O)(=O)c1cnc2c(N3CCC(O)CC3)cccc2c1. The van der Waals surface area contributed by atoms with Gasteiger partial charge in [-0.2, -0.15) is 0 Å². The van der Waals surface area contributed by atoms with Crippen molar-refractivity contribution >= 4 is 26.4 Å². The van der Waals surface area contributed by atoms with Crippen molar-refractivity contribution < 1.29 is 18.3 Å². The van der Waals surface area contributed by atoms with E-state index in [0.717, 1.165) is 48.1 Å². The molecule has 2 heterocycles. The van der Waals surface area contributed by atoms with Crippen LogP contribution in [0.3, 0.4) is 0 Å². The van der Waals surface area contributed by atoms with Gasteiger partial charge in [0.05, 0.1) is 29.3 Å². The van der Waals surface area contributed by atoms with E-state index in [-0.39, 0.29) is 15.9 Å². The molecule has 4 rings (SSSR count). The monoisotopic (exact) mass is 412 g/mol. The number of rotatable bonds is 4. The van der Waals surface area contributed by atoms with Crippen LogP contribution in [0.2, 0.25) is 0 Å². The average molecular weight is 413 g/mol. The van der Waals surface area contributed by atoms with Gasteiger partial charge in [-0.25, -0.2) is 8.42 Å². The summed E-state index contributed by atoms with van der Waals surface area (Å²) >= 11 is 0. The van der Waals surface area contributed by atoms with E-state index in [1.54, 1.807) is 18.2 Å². The first-order valence-electron chi connectivity index (χ1n) is 9.61. The summed E-state index contributed by atoms with van der Waals surface area (Å²) in [5.74, 6) is 0.316. The molecule has 0 unspecified atom stereocenters. The number of piperidine rings is 1. The van der Waals surface area contributed by atoms with Crippen molar-refractivity contribution in [3.63, 3.8) is 0 Å². The van der Waals surface area contributed by atoms with Crippen LogP contribution in [-0.4, -0.2) is 44.8 Å². The number of pyridine rings is 1. The van der Waals surface area contributed by atoms with Crippen molar-refractivity contribution in [1.82, 2.24) is 4.98 Å². The minimum atomic E-state index is -3.77. The zero-order valence-electron chi connectivity index (χ0n) is 16.5. The van der Waals surface area contributed by atoms with Crippen molar-refractivity contribution in [3.8, 4) is 5.75 Å². The molecular weight excluding hydrogens is 388 g/mol. The van der Waals surface area contributed by atoms with Crippen molar-refractivity contribution in [2.24, 2.45) is 0 Å². The molecule has 0 saturated carbocycles. The first-order chi connectivity index (χ1) is 13.9. The van der Waals surface area contributed by atoms with E-state index in [2.05, 4.69) is 9.88 Å². The van der Waals surface area contributed by atoms with Gasteiger partial charge in [-0.1, -0.05) is 18.2 Å². The highest BCUT2D eigenvalue weighted by Gasteiger charge is 2.24. The minimum absolute atomic E-state index is 0.139. The van der Waals surface area contributed by atoms with E-state index in [4.69, 9.17) is 4.74 Å². The first kappa shape index (κ1) is 19.7. The second kappa shape index (κ2) is 7.65. The number of benzene rings is 2. The van der Waals surface area contributed by atoms with Crippen LogP contribution in [0.5, 0.6) is 5.75 Å². The quantitative estimate of drug-likeness (QED) is 0.708. The molecule has 0 spiro atoms. The highest BCUT2D eigenvalue weighted by atomic mass is 32.2. The largest absolute Gasteiger partial charge is 0.495 e. The van der Waals surface area contributed by atoms with Gasteiger partial charge in [-0.15, -0.1) is 0 Å². The van der Waals surface area contributed by atoms with E-state index < -0.39 is 9.84 Å². The molecule has 152 valence electrons.